The Bertz CT molecular complexity index is 1260. The molecule has 2 atom stereocenters. The van der Waals surface area contributed by atoms with Gasteiger partial charge in [0, 0.05) is 29.7 Å². The fraction of sp³-hybridized carbons (Fsp3) is 0.462. The first-order chi connectivity index (χ1) is 17.0. The van der Waals surface area contributed by atoms with E-state index in [1.807, 2.05) is 13.0 Å². The lowest BCUT2D eigenvalue weighted by Gasteiger charge is -2.25. The highest BCUT2D eigenvalue weighted by molar-refractivity contribution is 5.92. The van der Waals surface area contributed by atoms with Gasteiger partial charge in [-0.05, 0) is 63.4 Å². The summed E-state index contributed by atoms with van der Waals surface area (Å²) in [6.07, 6.45) is -2.57. The molecule has 1 heterocycles. The normalized spacial score (nSPS) is 16.4. The van der Waals surface area contributed by atoms with Crippen molar-refractivity contribution in [3.8, 4) is 11.5 Å². The number of nitrogens with zero attached hydrogens (tertiary/aromatic N) is 2. The van der Waals surface area contributed by atoms with E-state index in [0.29, 0.717) is 46.2 Å². The summed E-state index contributed by atoms with van der Waals surface area (Å²) in [5.41, 5.74) is 5.99. The molecular formula is C26H31F3N4O3. The predicted octanol–water partition coefficient (Wildman–Crippen LogP) is 5.91. The van der Waals surface area contributed by atoms with Gasteiger partial charge in [0.15, 0.2) is 11.5 Å². The lowest BCUT2D eigenvalue weighted by atomic mass is 10.0. The minimum absolute atomic E-state index is 0.0302. The number of benzene rings is 2. The SMILES string of the molecule is COCC1([C@@H](C)Oc2cc3c(N[C@H](C)c4cc(N)cc(C(F)(F)F)c4)nc(C)nc3cc2OC)CC1. The number of nitrogens with two attached hydrogens (primary N) is 1. The van der Waals surface area contributed by atoms with Gasteiger partial charge in [-0.3, -0.25) is 0 Å². The van der Waals surface area contributed by atoms with E-state index >= 15 is 0 Å². The van der Waals surface area contributed by atoms with Crippen LogP contribution in [0, 0.1) is 12.3 Å². The second-order valence-electron chi connectivity index (χ2n) is 9.45. The maximum absolute atomic E-state index is 13.3. The van der Waals surface area contributed by atoms with Crippen LogP contribution in [0.15, 0.2) is 30.3 Å². The third-order valence-electron chi connectivity index (χ3n) is 6.74. The van der Waals surface area contributed by atoms with Gasteiger partial charge in [-0.15, -0.1) is 0 Å². The molecule has 3 N–H and O–H groups in total. The summed E-state index contributed by atoms with van der Waals surface area (Å²) >= 11 is 0. The van der Waals surface area contributed by atoms with Crippen LogP contribution in [0.3, 0.4) is 0 Å². The van der Waals surface area contributed by atoms with Crippen molar-refractivity contribution in [2.45, 2.75) is 51.9 Å². The average molecular weight is 505 g/mol. The van der Waals surface area contributed by atoms with Crippen molar-refractivity contribution in [3.63, 3.8) is 0 Å². The van der Waals surface area contributed by atoms with E-state index in [4.69, 9.17) is 19.9 Å². The fourth-order valence-electron chi connectivity index (χ4n) is 4.42. The molecule has 2 aromatic carbocycles. The standard InChI is InChI=1S/C26H31F3N4O3/c1-14(17-8-18(26(27,28)29)10-19(30)9-17)31-24-20-11-23(36-15(2)25(6-7-25)13-34-4)22(35-5)12-21(20)32-16(3)33-24/h8-12,14-15H,6-7,13,30H2,1-5H3,(H,31,32,33)/t14-,15-/m1/s1. The van der Waals surface area contributed by atoms with Crippen LogP contribution in [0.4, 0.5) is 24.7 Å². The number of alkyl halides is 3. The molecule has 10 heteroatoms. The first-order valence-electron chi connectivity index (χ1n) is 11.7. The molecule has 0 saturated heterocycles. The molecule has 0 spiro atoms. The van der Waals surface area contributed by atoms with Crippen molar-refractivity contribution in [1.29, 1.82) is 0 Å². The molecule has 0 aliphatic heterocycles. The molecule has 0 unspecified atom stereocenters. The molecule has 1 aromatic heterocycles. The Morgan fingerprint density at radius 3 is 2.39 bits per heavy atom. The summed E-state index contributed by atoms with van der Waals surface area (Å²) in [5, 5.41) is 3.90. The molecule has 0 bridgehead atoms. The van der Waals surface area contributed by atoms with Crippen LogP contribution in [0.2, 0.25) is 0 Å². The number of rotatable bonds is 9. The van der Waals surface area contributed by atoms with E-state index < -0.39 is 17.8 Å². The lowest BCUT2D eigenvalue weighted by molar-refractivity contribution is -0.137. The van der Waals surface area contributed by atoms with Gasteiger partial charge in [-0.25, -0.2) is 9.97 Å². The number of hydrogen-bond donors (Lipinski definition) is 2. The first kappa shape index (κ1) is 25.8. The first-order valence-corrected chi connectivity index (χ1v) is 11.7. The van der Waals surface area contributed by atoms with Gasteiger partial charge in [0.05, 0.1) is 30.8 Å². The molecule has 1 aliphatic carbocycles. The molecule has 4 rings (SSSR count). The van der Waals surface area contributed by atoms with E-state index in [2.05, 4.69) is 15.3 Å². The lowest BCUT2D eigenvalue weighted by Crippen LogP contribution is -2.29. The molecule has 194 valence electrons. The highest BCUT2D eigenvalue weighted by Crippen LogP contribution is 2.51. The van der Waals surface area contributed by atoms with Crippen molar-refractivity contribution >= 4 is 22.4 Å². The second-order valence-corrected chi connectivity index (χ2v) is 9.45. The van der Waals surface area contributed by atoms with Crippen LogP contribution >= 0.6 is 0 Å². The summed E-state index contributed by atoms with van der Waals surface area (Å²) in [6, 6.07) is 6.60. The van der Waals surface area contributed by atoms with Crippen LogP contribution < -0.4 is 20.5 Å². The summed E-state index contributed by atoms with van der Waals surface area (Å²) in [5.74, 6) is 2.04. The maximum Gasteiger partial charge on any atom is 0.416 e. The number of ether oxygens (including phenoxy) is 3. The molecule has 1 fully saturated rings. The Kier molecular flexibility index (Phi) is 6.92. The van der Waals surface area contributed by atoms with Crippen LogP contribution in [0.5, 0.6) is 11.5 Å². The molecule has 0 radical (unpaired) electrons. The molecule has 3 aromatic rings. The second kappa shape index (κ2) is 9.65. The van der Waals surface area contributed by atoms with Crippen molar-refractivity contribution < 1.29 is 27.4 Å². The van der Waals surface area contributed by atoms with Gasteiger partial charge < -0.3 is 25.3 Å². The summed E-state index contributed by atoms with van der Waals surface area (Å²) in [7, 11) is 3.24. The smallest absolute Gasteiger partial charge is 0.416 e. The van der Waals surface area contributed by atoms with E-state index in [9.17, 15) is 13.2 Å². The summed E-state index contributed by atoms with van der Waals surface area (Å²) in [6.45, 7) is 6.12. The van der Waals surface area contributed by atoms with Crippen LogP contribution in [-0.2, 0) is 10.9 Å². The van der Waals surface area contributed by atoms with Crippen molar-refractivity contribution in [2.75, 3.05) is 31.9 Å². The Morgan fingerprint density at radius 2 is 1.78 bits per heavy atom. The van der Waals surface area contributed by atoms with E-state index in [1.165, 1.54) is 6.07 Å². The molecule has 1 saturated carbocycles. The zero-order valence-corrected chi connectivity index (χ0v) is 21.0. The van der Waals surface area contributed by atoms with E-state index in [1.54, 1.807) is 34.1 Å². The zero-order valence-electron chi connectivity index (χ0n) is 21.0. The van der Waals surface area contributed by atoms with Gasteiger partial charge in [-0.2, -0.15) is 13.2 Å². The largest absolute Gasteiger partial charge is 0.493 e. The Balaban J connectivity index is 1.70. The highest BCUT2D eigenvalue weighted by Gasteiger charge is 2.49. The molecule has 7 nitrogen and oxygen atoms in total. The number of nitrogens with one attached hydrogen (secondary N) is 1. The van der Waals surface area contributed by atoms with Gasteiger partial charge in [0.25, 0.3) is 0 Å². The number of aryl methyl sites for hydroxylation is 1. The van der Waals surface area contributed by atoms with E-state index in [-0.39, 0.29) is 17.2 Å². The molecule has 0 amide bonds. The Hall–Kier alpha value is -3.27. The summed E-state index contributed by atoms with van der Waals surface area (Å²) in [4.78, 5) is 9.06. The van der Waals surface area contributed by atoms with E-state index in [0.717, 1.165) is 25.0 Å². The average Bonchev–Trinajstić information content (AvgIpc) is 3.59. The molecule has 36 heavy (non-hydrogen) atoms. The maximum atomic E-state index is 13.3. The number of hydrogen-bond acceptors (Lipinski definition) is 7. The number of methoxy groups -OCH3 is 2. The fourth-order valence-corrected chi connectivity index (χ4v) is 4.42. The monoisotopic (exact) mass is 504 g/mol. The molecule has 1 aliphatic rings. The number of aromatic nitrogens is 2. The van der Waals surface area contributed by atoms with Crippen LogP contribution in [-0.4, -0.2) is 36.9 Å². The number of nitrogen functional groups attached to an aromatic ring is 1. The third kappa shape index (κ3) is 5.28. The van der Waals surface area contributed by atoms with Gasteiger partial charge in [-0.1, -0.05) is 0 Å². The number of halogens is 3. The van der Waals surface area contributed by atoms with Crippen LogP contribution in [0.1, 0.15) is 49.7 Å². The number of fused-ring (bicyclic) bond motifs is 1. The van der Waals surface area contributed by atoms with Gasteiger partial charge in [0.1, 0.15) is 17.7 Å². The highest BCUT2D eigenvalue weighted by atomic mass is 19.4. The Labute approximate surface area is 208 Å². The van der Waals surface area contributed by atoms with Crippen LogP contribution in [0.25, 0.3) is 10.9 Å². The predicted molar refractivity (Wildman–Crippen MR) is 132 cm³/mol. The van der Waals surface area contributed by atoms with Crippen molar-refractivity contribution in [1.82, 2.24) is 9.97 Å². The zero-order chi connectivity index (χ0) is 26.3. The van der Waals surface area contributed by atoms with Gasteiger partial charge in [0.2, 0.25) is 0 Å². The third-order valence-corrected chi connectivity index (χ3v) is 6.74. The molecular weight excluding hydrogens is 473 g/mol. The van der Waals surface area contributed by atoms with Gasteiger partial charge >= 0.3 is 6.18 Å². The minimum Gasteiger partial charge on any atom is -0.493 e. The topological polar surface area (TPSA) is 91.5 Å². The Morgan fingerprint density at radius 1 is 1.06 bits per heavy atom. The van der Waals surface area contributed by atoms with Crippen molar-refractivity contribution in [3.05, 3.63) is 47.3 Å². The quantitative estimate of drug-likeness (QED) is 0.350. The summed E-state index contributed by atoms with van der Waals surface area (Å²) < 4.78 is 57.3. The number of anilines is 2. The van der Waals surface area contributed by atoms with Crippen molar-refractivity contribution in [2.24, 2.45) is 5.41 Å². The minimum atomic E-state index is -4.50.